The summed E-state index contributed by atoms with van der Waals surface area (Å²) in [6.07, 6.45) is 1.72. The second-order valence-electron chi connectivity index (χ2n) is 8.12. The lowest BCUT2D eigenvalue weighted by Gasteiger charge is -2.20. The first kappa shape index (κ1) is 21.5. The molecule has 0 spiro atoms. The summed E-state index contributed by atoms with van der Waals surface area (Å²) in [5.74, 6) is -0.415. The highest BCUT2D eigenvalue weighted by Gasteiger charge is 2.47. The molecule has 0 saturated heterocycles. The minimum atomic E-state index is -0.482. The number of nitrogens with zero attached hydrogens (tertiary/aromatic N) is 1. The van der Waals surface area contributed by atoms with Crippen LogP contribution in [-0.2, 0) is 26.2 Å². The summed E-state index contributed by atoms with van der Waals surface area (Å²) in [5, 5.41) is 10.7. The van der Waals surface area contributed by atoms with Gasteiger partial charge in [0.1, 0.15) is 12.4 Å². The van der Waals surface area contributed by atoms with Crippen LogP contribution in [0.3, 0.4) is 0 Å². The van der Waals surface area contributed by atoms with Gasteiger partial charge in [0, 0.05) is 23.1 Å². The molecule has 0 amide bonds. The molecule has 0 unspecified atom stereocenters. The molecule has 1 fully saturated rings. The van der Waals surface area contributed by atoms with E-state index in [0.29, 0.717) is 11.3 Å². The molecule has 0 N–H and O–H groups in total. The molecular formula is C23H25NO6. The van der Waals surface area contributed by atoms with Crippen LogP contribution in [0.25, 0.3) is 0 Å². The van der Waals surface area contributed by atoms with Gasteiger partial charge < -0.3 is 9.47 Å². The maximum atomic E-state index is 12.3. The molecule has 1 aliphatic carbocycles. The van der Waals surface area contributed by atoms with Gasteiger partial charge in [-0.05, 0) is 37.0 Å². The molecule has 7 nitrogen and oxygen atoms in total. The summed E-state index contributed by atoms with van der Waals surface area (Å²) in [6.45, 7) is 5.70. The molecule has 1 aliphatic rings. The molecule has 0 bridgehead atoms. The Morgan fingerprint density at radius 2 is 1.80 bits per heavy atom. The number of non-ortho nitro benzene ring substituents is 1. The van der Waals surface area contributed by atoms with Crippen molar-refractivity contribution in [3.63, 3.8) is 0 Å². The number of hydrogen-bond acceptors (Lipinski definition) is 6. The Bertz CT molecular complexity index is 960. The van der Waals surface area contributed by atoms with Crippen molar-refractivity contribution in [3.05, 3.63) is 69.3 Å². The van der Waals surface area contributed by atoms with Crippen molar-refractivity contribution in [2.45, 2.75) is 45.4 Å². The molecule has 0 aliphatic heterocycles. The third kappa shape index (κ3) is 5.03. The van der Waals surface area contributed by atoms with Crippen molar-refractivity contribution in [1.82, 2.24) is 0 Å². The van der Waals surface area contributed by atoms with E-state index < -0.39 is 10.9 Å². The normalized spacial score (nSPS) is 14.3. The fourth-order valence-corrected chi connectivity index (χ4v) is 3.19. The van der Waals surface area contributed by atoms with Crippen molar-refractivity contribution in [1.29, 1.82) is 0 Å². The number of hydrogen-bond donors (Lipinski definition) is 0. The molecule has 1 saturated carbocycles. The van der Waals surface area contributed by atoms with Gasteiger partial charge in [0.25, 0.3) is 5.69 Å². The van der Waals surface area contributed by atoms with Gasteiger partial charge in [-0.25, -0.2) is 0 Å². The lowest BCUT2D eigenvalue weighted by Crippen LogP contribution is -2.22. The van der Waals surface area contributed by atoms with E-state index in [4.69, 9.17) is 9.47 Å². The number of rotatable bonds is 8. The van der Waals surface area contributed by atoms with Gasteiger partial charge in [-0.2, -0.15) is 0 Å². The van der Waals surface area contributed by atoms with E-state index >= 15 is 0 Å². The van der Waals surface area contributed by atoms with Crippen LogP contribution in [-0.4, -0.2) is 23.5 Å². The van der Waals surface area contributed by atoms with E-state index in [9.17, 15) is 19.7 Å². The molecule has 0 heterocycles. The molecule has 30 heavy (non-hydrogen) atoms. The third-order valence-corrected chi connectivity index (χ3v) is 5.25. The minimum Gasteiger partial charge on any atom is -0.464 e. The molecule has 0 aromatic heterocycles. The summed E-state index contributed by atoms with van der Waals surface area (Å²) >= 11 is 0. The van der Waals surface area contributed by atoms with Crippen LogP contribution in [0.4, 0.5) is 5.69 Å². The Balaban J connectivity index is 1.66. The summed E-state index contributed by atoms with van der Waals surface area (Å²) in [7, 11) is 0. The Morgan fingerprint density at radius 3 is 2.37 bits per heavy atom. The predicted octanol–water partition coefficient (Wildman–Crippen LogP) is 4.28. The van der Waals surface area contributed by atoms with E-state index in [2.05, 4.69) is 0 Å². The second-order valence-corrected chi connectivity index (χ2v) is 8.12. The average Bonchev–Trinajstić information content (AvgIpc) is 3.48. The minimum absolute atomic E-state index is 0.0214. The zero-order chi connectivity index (χ0) is 21.9. The maximum absolute atomic E-state index is 12.3. The molecule has 2 aromatic rings. The zero-order valence-corrected chi connectivity index (χ0v) is 17.3. The first-order valence-electron chi connectivity index (χ1n) is 9.92. The van der Waals surface area contributed by atoms with E-state index in [1.807, 2.05) is 25.1 Å². The van der Waals surface area contributed by atoms with Gasteiger partial charge in [0.05, 0.1) is 17.3 Å². The van der Waals surface area contributed by atoms with Gasteiger partial charge in [-0.15, -0.1) is 0 Å². The average molecular weight is 411 g/mol. The van der Waals surface area contributed by atoms with Crippen molar-refractivity contribution in [2.24, 2.45) is 5.92 Å². The quantitative estimate of drug-likeness (QED) is 0.278. The lowest BCUT2D eigenvalue weighted by molar-refractivity contribution is -0.384. The van der Waals surface area contributed by atoms with Crippen molar-refractivity contribution < 1.29 is 24.0 Å². The van der Waals surface area contributed by atoms with Crippen molar-refractivity contribution >= 4 is 17.6 Å². The molecule has 0 atom stereocenters. The molecule has 7 heteroatoms. The van der Waals surface area contributed by atoms with Crippen LogP contribution in [0.1, 0.15) is 43.4 Å². The van der Waals surface area contributed by atoms with Crippen LogP contribution in [0.15, 0.2) is 42.5 Å². The van der Waals surface area contributed by atoms with Crippen molar-refractivity contribution in [3.8, 4) is 5.75 Å². The van der Waals surface area contributed by atoms with Crippen LogP contribution in [0.5, 0.6) is 5.75 Å². The highest BCUT2D eigenvalue weighted by atomic mass is 16.6. The fraction of sp³-hybridized carbons (Fsp3) is 0.391. The number of ether oxygens (including phenoxy) is 2. The Hall–Kier alpha value is -3.22. The number of carbonyl (C=O) groups excluding carboxylic acids is 2. The molecule has 158 valence electrons. The Labute approximate surface area is 175 Å². The van der Waals surface area contributed by atoms with E-state index in [1.165, 1.54) is 12.1 Å². The van der Waals surface area contributed by atoms with Crippen LogP contribution < -0.4 is 4.74 Å². The van der Waals surface area contributed by atoms with Gasteiger partial charge in [-0.3, -0.25) is 19.7 Å². The summed E-state index contributed by atoms with van der Waals surface area (Å²) < 4.78 is 11.1. The predicted molar refractivity (Wildman–Crippen MR) is 110 cm³/mol. The number of benzene rings is 2. The van der Waals surface area contributed by atoms with E-state index in [1.54, 1.807) is 26.0 Å². The first-order valence-corrected chi connectivity index (χ1v) is 9.92. The van der Waals surface area contributed by atoms with E-state index in [-0.39, 0.29) is 36.0 Å². The SMILES string of the molecule is Cc1ccc(C2(COC(=O)Cc3ccc([N+](=O)[O-])cc3)CC2)c(OC(=O)C(C)C)c1. The van der Waals surface area contributed by atoms with Gasteiger partial charge >= 0.3 is 11.9 Å². The van der Waals surface area contributed by atoms with Gasteiger partial charge in [0.15, 0.2) is 0 Å². The molecule has 0 radical (unpaired) electrons. The first-order chi connectivity index (χ1) is 14.2. The molecule has 2 aromatic carbocycles. The summed E-state index contributed by atoms with van der Waals surface area (Å²) in [5.41, 5.74) is 2.15. The largest absolute Gasteiger partial charge is 0.464 e. The van der Waals surface area contributed by atoms with Gasteiger partial charge in [-0.1, -0.05) is 38.1 Å². The Kier molecular flexibility index (Phi) is 6.20. The third-order valence-electron chi connectivity index (χ3n) is 5.25. The van der Waals surface area contributed by atoms with Crippen LogP contribution in [0.2, 0.25) is 0 Å². The smallest absolute Gasteiger partial charge is 0.313 e. The Morgan fingerprint density at radius 1 is 1.13 bits per heavy atom. The summed E-state index contributed by atoms with van der Waals surface area (Å²) in [6, 6.07) is 11.6. The van der Waals surface area contributed by atoms with Crippen LogP contribution >= 0.6 is 0 Å². The second kappa shape index (κ2) is 8.65. The number of nitro benzene ring substituents is 1. The number of carbonyl (C=O) groups is 2. The number of aryl methyl sites for hydroxylation is 1. The van der Waals surface area contributed by atoms with Gasteiger partial charge in [0.2, 0.25) is 0 Å². The summed E-state index contributed by atoms with van der Waals surface area (Å²) in [4.78, 5) is 34.7. The highest BCUT2D eigenvalue weighted by molar-refractivity contribution is 5.75. The fourth-order valence-electron chi connectivity index (χ4n) is 3.19. The monoisotopic (exact) mass is 411 g/mol. The standard InChI is InChI=1S/C23H25NO6/c1-15(2)22(26)30-20-12-16(3)4-9-19(20)23(10-11-23)14-29-21(25)13-17-5-7-18(8-6-17)24(27)28/h4-9,12,15H,10-11,13-14H2,1-3H3. The highest BCUT2D eigenvalue weighted by Crippen LogP contribution is 2.51. The van der Waals surface area contributed by atoms with Crippen LogP contribution in [0, 0.1) is 23.0 Å². The lowest BCUT2D eigenvalue weighted by atomic mass is 9.94. The van der Waals surface area contributed by atoms with Crippen molar-refractivity contribution in [2.75, 3.05) is 6.61 Å². The number of nitro groups is 1. The zero-order valence-electron chi connectivity index (χ0n) is 17.3. The topological polar surface area (TPSA) is 95.7 Å². The maximum Gasteiger partial charge on any atom is 0.313 e. The molecular weight excluding hydrogens is 386 g/mol. The molecule has 3 rings (SSSR count). The number of esters is 2. The van der Waals surface area contributed by atoms with E-state index in [0.717, 1.165) is 24.0 Å².